The zero-order valence-corrected chi connectivity index (χ0v) is 12.5. The molecule has 0 saturated carbocycles. The van der Waals surface area contributed by atoms with Gasteiger partial charge < -0.3 is 10.1 Å². The van der Waals surface area contributed by atoms with Gasteiger partial charge in [0.2, 0.25) is 0 Å². The first-order chi connectivity index (χ1) is 8.70. The lowest BCUT2D eigenvalue weighted by molar-refractivity contribution is -0.0703. The van der Waals surface area contributed by atoms with Gasteiger partial charge in [-0.2, -0.15) is 0 Å². The fraction of sp³-hybridized carbons (Fsp3) is 0.625. The first kappa shape index (κ1) is 14.5. The van der Waals surface area contributed by atoms with E-state index in [9.17, 15) is 4.39 Å². The topological polar surface area (TPSA) is 21.3 Å². The van der Waals surface area contributed by atoms with Gasteiger partial charge in [-0.25, -0.2) is 4.39 Å². The van der Waals surface area contributed by atoms with Crippen molar-refractivity contribution in [2.45, 2.75) is 64.3 Å². The first-order valence-electron chi connectivity index (χ1n) is 6.91. The molecule has 1 aliphatic rings. The molecule has 1 unspecified atom stereocenters. The summed E-state index contributed by atoms with van der Waals surface area (Å²) >= 11 is 0. The third-order valence-corrected chi connectivity index (χ3v) is 3.90. The van der Waals surface area contributed by atoms with E-state index in [2.05, 4.69) is 39.9 Å². The zero-order chi connectivity index (χ0) is 14.3. The van der Waals surface area contributed by atoms with Crippen LogP contribution in [0.3, 0.4) is 0 Å². The summed E-state index contributed by atoms with van der Waals surface area (Å²) in [5.41, 5.74) is 0.823. The van der Waals surface area contributed by atoms with Crippen LogP contribution in [0.25, 0.3) is 0 Å². The van der Waals surface area contributed by atoms with Crippen molar-refractivity contribution >= 4 is 0 Å². The molecule has 2 rings (SSSR count). The smallest absolute Gasteiger partial charge is 0.123 e. The molecule has 1 aromatic carbocycles. The van der Waals surface area contributed by atoms with Gasteiger partial charge in [0.25, 0.3) is 0 Å². The number of ether oxygens (including phenoxy) is 1. The summed E-state index contributed by atoms with van der Waals surface area (Å²) in [4.78, 5) is 0. The molecule has 0 bridgehead atoms. The lowest BCUT2D eigenvalue weighted by Crippen LogP contribution is -2.44. The summed E-state index contributed by atoms with van der Waals surface area (Å²) in [6.45, 7) is 10.6. The molecule has 0 amide bonds. The van der Waals surface area contributed by atoms with Crippen LogP contribution >= 0.6 is 0 Å². The third-order valence-electron chi connectivity index (χ3n) is 3.90. The minimum absolute atomic E-state index is 0.0936. The third kappa shape index (κ3) is 3.34. The van der Waals surface area contributed by atoms with Crippen molar-refractivity contribution in [3.63, 3.8) is 0 Å². The van der Waals surface area contributed by atoms with Crippen LogP contribution in [-0.2, 0) is 4.74 Å². The SMILES string of the molecule is C[C@H](NC1CC(C)(C)OC1(C)C)c1ccc(F)cc1. The van der Waals surface area contributed by atoms with E-state index in [4.69, 9.17) is 4.74 Å². The number of hydrogen-bond donors (Lipinski definition) is 1. The molecule has 106 valence electrons. The van der Waals surface area contributed by atoms with E-state index in [1.54, 1.807) is 0 Å². The van der Waals surface area contributed by atoms with E-state index >= 15 is 0 Å². The zero-order valence-electron chi connectivity index (χ0n) is 12.5. The van der Waals surface area contributed by atoms with Gasteiger partial charge in [-0.3, -0.25) is 0 Å². The minimum Gasteiger partial charge on any atom is -0.368 e. The first-order valence-corrected chi connectivity index (χ1v) is 6.91. The number of halogens is 1. The Balaban J connectivity index is 2.07. The number of nitrogens with one attached hydrogen (secondary N) is 1. The quantitative estimate of drug-likeness (QED) is 0.897. The molecule has 0 aliphatic carbocycles. The molecule has 2 atom stereocenters. The van der Waals surface area contributed by atoms with Crippen LogP contribution in [0.4, 0.5) is 4.39 Å². The monoisotopic (exact) mass is 265 g/mol. The fourth-order valence-corrected chi connectivity index (χ4v) is 2.97. The Labute approximate surface area is 115 Å². The average molecular weight is 265 g/mol. The lowest BCUT2D eigenvalue weighted by Gasteiger charge is -2.30. The van der Waals surface area contributed by atoms with Gasteiger partial charge in [0.05, 0.1) is 11.2 Å². The van der Waals surface area contributed by atoms with Crippen molar-refractivity contribution in [2.24, 2.45) is 0 Å². The van der Waals surface area contributed by atoms with Gasteiger partial charge in [0.1, 0.15) is 5.82 Å². The van der Waals surface area contributed by atoms with Gasteiger partial charge >= 0.3 is 0 Å². The molecule has 19 heavy (non-hydrogen) atoms. The standard InChI is InChI=1S/C16H24FNO/c1-11(12-6-8-13(17)9-7-12)18-14-10-15(2,3)19-16(14,4)5/h6-9,11,14,18H,10H2,1-5H3/t11-,14?/m0/s1. The summed E-state index contributed by atoms with van der Waals surface area (Å²) in [5.74, 6) is -0.193. The van der Waals surface area contributed by atoms with Gasteiger partial charge in [0.15, 0.2) is 0 Å². The van der Waals surface area contributed by atoms with Gasteiger partial charge in [0, 0.05) is 12.1 Å². The molecule has 1 N–H and O–H groups in total. The van der Waals surface area contributed by atoms with Crippen LogP contribution in [0, 0.1) is 5.82 Å². The number of benzene rings is 1. The van der Waals surface area contributed by atoms with Crippen molar-refractivity contribution in [3.05, 3.63) is 35.6 Å². The maximum absolute atomic E-state index is 12.9. The highest BCUT2D eigenvalue weighted by molar-refractivity contribution is 5.20. The average Bonchev–Trinajstić information content (AvgIpc) is 2.47. The Morgan fingerprint density at radius 2 is 1.79 bits per heavy atom. The molecule has 2 nitrogen and oxygen atoms in total. The van der Waals surface area contributed by atoms with E-state index in [-0.39, 0.29) is 23.1 Å². The summed E-state index contributed by atoms with van der Waals surface area (Å²) in [7, 11) is 0. The van der Waals surface area contributed by atoms with Crippen molar-refractivity contribution in [1.29, 1.82) is 0 Å². The summed E-state index contributed by atoms with van der Waals surface area (Å²) in [6, 6.07) is 7.16. The second-order valence-corrected chi connectivity index (χ2v) is 6.66. The van der Waals surface area contributed by atoms with Gasteiger partial charge in [-0.15, -0.1) is 0 Å². The Hall–Kier alpha value is -0.930. The highest BCUT2D eigenvalue weighted by atomic mass is 19.1. The van der Waals surface area contributed by atoms with Crippen LogP contribution in [0.15, 0.2) is 24.3 Å². The molecular formula is C16H24FNO. The fourth-order valence-electron chi connectivity index (χ4n) is 2.97. The van der Waals surface area contributed by atoms with E-state index < -0.39 is 0 Å². The molecule has 0 spiro atoms. The highest BCUT2D eigenvalue weighted by Crippen LogP contribution is 2.38. The van der Waals surface area contributed by atoms with Crippen LogP contribution in [0.2, 0.25) is 0 Å². The molecule has 0 aromatic heterocycles. The molecule has 3 heteroatoms. The highest BCUT2D eigenvalue weighted by Gasteiger charge is 2.46. The summed E-state index contributed by atoms with van der Waals surface area (Å²) in [6.07, 6.45) is 0.978. The van der Waals surface area contributed by atoms with Gasteiger partial charge in [-0.1, -0.05) is 12.1 Å². The molecule has 1 saturated heterocycles. The van der Waals surface area contributed by atoms with Crippen molar-refractivity contribution < 1.29 is 9.13 Å². The van der Waals surface area contributed by atoms with E-state index in [0.29, 0.717) is 6.04 Å². The number of rotatable bonds is 3. The maximum Gasteiger partial charge on any atom is 0.123 e. The minimum atomic E-state index is -0.193. The summed E-state index contributed by atoms with van der Waals surface area (Å²) in [5, 5.41) is 3.61. The van der Waals surface area contributed by atoms with E-state index in [1.165, 1.54) is 12.1 Å². The predicted molar refractivity (Wildman–Crippen MR) is 75.6 cm³/mol. The molecule has 1 aliphatic heterocycles. The Kier molecular flexibility index (Phi) is 3.72. The number of hydrogen-bond acceptors (Lipinski definition) is 2. The Morgan fingerprint density at radius 1 is 1.21 bits per heavy atom. The van der Waals surface area contributed by atoms with Crippen LogP contribution in [0.1, 0.15) is 52.6 Å². The summed E-state index contributed by atoms with van der Waals surface area (Å²) < 4.78 is 19.0. The largest absolute Gasteiger partial charge is 0.368 e. The van der Waals surface area contributed by atoms with Crippen molar-refractivity contribution in [2.75, 3.05) is 0 Å². The predicted octanol–water partition coefficient (Wildman–Crippen LogP) is 3.82. The van der Waals surface area contributed by atoms with Crippen molar-refractivity contribution in [3.8, 4) is 0 Å². The molecule has 1 heterocycles. The molecule has 1 fully saturated rings. The second kappa shape index (κ2) is 4.88. The Morgan fingerprint density at radius 3 is 2.26 bits per heavy atom. The lowest BCUT2D eigenvalue weighted by atomic mass is 9.93. The Bertz CT molecular complexity index is 439. The van der Waals surface area contributed by atoms with Crippen LogP contribution < -0.4 is 5.32 Å². The molecule has 1 aromatic rings. The molecule has 0 radical (unpaired) electrons. The van der Waals surface area contributed by atoms with Crippen LogP contribution in [0.5, 0.6) is 0 Å². The van der Waals surface area contributed by atoms with Gasteiger partial charge in [-0.05, 0) is 58.7 Å². The van der Waals surface area contributed by atoms with Crippen LogP contribution in [-0.4, -0.2) is 17.2 Å². The van der Waals surface area contributed by atoms with Crippen molar-refractivity contribution in [1.82, 2.24) is 5.32 Å². The van der Waals surface area contributed by atoms with E-state index in [1.807, 2.05) is 12.1 Å². The second-order valence-electron chi connectivity index (χ2n) is 6.66. The van der Waals surface area contributed by atoms with E-state index in [0.717, 1.165) is 12.0 Å². The molecular weight excluding hydrogens is 241 g/mol. The normalized spacial score (nSPS) is 26.3. The maximum atomic E-state index is 12.9.